The fourth-order valence-electron chi connectivity index (χ4n) is 3.44. The van der Waals surface area contributed by atoms with Crippen molar-refractivity contribution in [3.05, 3.63) is 88.7 Å². The average molecular weight is 430 g/mol. The van der Waals surface area contributed by atoms with Crippen molar-refractivity contribution in [3.8, 4) is 23.0 Å². The lowest BCUT2D eigenvalue weighted by Gasteiger charge is -2.12. The average Bonchev–Trinajstić information content (AvgIpc) is 3.13. The van der Waals surface area contributed by atoms with Crippen molar-refractivity contribution in [2.24, 2.45) is 0 Å². The van der Waals surface area contributed by atoms with Crippen LogP contribution in [0.3, 0.4) is 0 Å². The van der Waals surface area contributed by atoms with E-state index >= 15 is 0 Å². The Morgan fingerprint density at radius 3 is 2.28 bits per heavy atom. The number of ether oxygens (including phenoxy) is 4. The maximum Gasteiger partial charge on any atom is 0.351 e. The van der Waals surface area contributed by atoms with Crippen LogP contribution in [0.5, 0.6) is 23.0 Å². The molecule has 6 heteroatoms. The molecule has 4 rings (SSSR count). The molecule has 0 aliphatic carbocycles. The smallest absolute Gasteiger partial charge is 0.351 e. The number of allylic oxidation sites excluding steroid dienone is 1. The van der Waals surface area contributed by atoms with Gasteiger partial charge in [0.05, 0.1) is 19.8 Å². The number of fused-ring (bicyclic) bond motifs is 1. The standard InChI is InChI=1S/C26H22O6/c1-4-16-8-10-17(11-9-16)14-23-25(27)19-13-12-18(15-22(19)32-23)31-26(28)24-20(29-2)6-5-7-21(24)30-3/h5-15H,4H2,1-3H3/b23-14-. The highest BCUT2D eigenvalue weighted by Crippen LogP contribution is 2.36. The second kappa shape index (κ2) is 8.98. The van der Waals surface area contributed by atoms with Crippen LogP contribution < -0.4 is 18.9 Å². The zero-order valence-corrected chi connectivity index (χ0v) is 18.0. The first kappa shape index (κ1) is 21.2. The summed E-state index contributed by atoms with van der Waals surface area (Å²) in [5, 5.41) is 0. The Morgan fingerprint density at radius 1 is 0.969 bits per heavy atom. The number of hydrogen-bond donors (Lipinski definition) is 0. The SMILES string of the molecule is CCc1ccc(/C=C2\Oc3cc(OC(=O)c4c(OC)cccc4OC)ccc3C2=O)cc1. The first-order chi connectivity index (χ1) is 15.5. The molecule has 162 valence electrons. The van der Waals surface area contributed by atoms with E-state index in [1.54, 1.807) is 36.4 Å². The van der Waals surface area contributed by atoms with Gasteiger partial charge in [0.1, 0.15) is 28.6 Å². The maximum absolute atomic E-state index is 12.8. The first-order valence-electron chi connectivity index (χ1n) is 10.1. The van der Waals surface area contributed by atoms with E-state index in [2.05, 4.69) is 6.92 Å². The molecule has 0 radical (unpaired) electrons. The van der Waals surface area contributed by atoms with Crippen LogP contribution in [-0.2, 0) is 6.42 Å². The van der Waals surface area contributed by atoms with Crippen LogP contribution in [0.1, 0.15) is 38.8 Å². The molecule has 0 unspecified atom stereocenters. The van der Waals surface area contributed by atoms with Gasteiger partial charge in [0.25, 0.3) is 0 Å². The van der Waals surface area contributed by atoms with Gasteiger partial charge in [-0.15, -0.1) is 0 Å². The molecule has 1 heterocycles. The van der Waals surface area contributed by atoms with Crippen LogP contribution in [0.4, 0.5) is 0 Å². The number of methoxy groups -OCH3 is 2. The lowest BCUT2D eigenvalue weighted by molar-refractivity contribution is 0.0727. The molecule has 3 aromatic rings. The van der Waals surface area contributed by atoms with Gasteiger partial charge in [-0.3, -0.25) is 4.79 Å². The summed E-state index contributed by atoms with van der Waals surface area (Å²) in [6, 6.07) is 17.6. The number of ketones is 1. The van der Waals surface area contributed by atoms with E-state index in [1.165, 1.54) is 25.8 Å². The van der Waals surface area contributed by atoms with Gasteiger partial charge < -0.3 is 18.9 Å². The molecule has 0 saturated heterocycles. The van der Waals surface area contributed by atoms with Crippen molar-refractivity contribution in [2.75, 3.05) is 14.2 Å². The van der Waals surface area contributed by atoms with Gasteiger partial charge in [-0.2, -0.15) is 0 Å². The predicted molar refractivity (Wildman–Crippen MR) is 120 cm³/mol. The number of carbonyl (C=O) groups is 2. The Balaban J connectivity index is 1.57. The molecule has 6 nitrogen and oxygen atoms in total. The van der Waals surface area contributed by atoms with E-state index in [0.29, 0.717) is 22.8 Å². The largest absolute Gasteiger partial charge is 0.496 e. The van der Waals surface area contributed by atoms with Gasteiger partial charge in [-0.1, -0.05) is 37.3 Å². The number of carbonyl (C=O) groups excluding carboxylic acids is 2. The second-order valence-electron chi connectivity index (χ2n) is 7.12. The molecule has 0 amide bonds. The molecule has 0 spiro atoms. The predicted octanol–water partition coefficient (Wildman–Crippen LogP) is 5.10. The van der Waals surface area contributed by atoms with Gasteiger partial charge in [-0.05, 0) is 47.9 Å². The molecule has 0 bridgehead atoms. The van der Waals surface area contributed by atoms with Gasteiger partial charge in [-0.25, -0.2) is 4.79 Å². The fourth-order valence-corrected chi connectivity index (χ4v) is 3.44. The molecule has 0 atom stereocenters. The quantitative estimate of drug-likeness (QED) is 0.308. The van der Waals surface area contributed by atoms with Gasteiger partial charge in [0.2, 0.25) is 5.78 Å². The molecule has 0 saturated carbocycles. The Labute approximate surface area is 186 Å². The van der Waals surface area contributed by atoms with Gasteiger partial charge >= 0.3 is 5.97 Å². The number of esters is 1. The maximum atomic E-state index is 12.8. The topological polar surface area (TPSA) is 71.1 Å². The van der Waals surface area contributed by atoms with Gasteiger partial charge in [0, 0.05) is 6.07 Å². The van der Waals surface area contributed by atoms with Crippen molar-refractivity contribution in [1.82, 2.24) is 0 Å². The molecule has 32 heavy (non-hydrogen) atoms. The zero-order chi connectivity index (χ0) is 22.7. The van der Waals surface area contributed by atoms with Crippen molar-refractivity contribution < 1.29 is 28.5 Å². The minimum atomic E-state index is -0.643. The lowest BCUT2D eigenvalue weighted by atomic mass is 10.1. The van der Waals surface area contributed by atoms with Crippen LogP contribution in [-0.4, -0.2) is 26.0 Å². The summed E-state index contributed by atoms with van der Waals surface area (Å²) in [5.41, 5.74) is 2.67. The van der Waals surface area contributed by atoms with Crippen LogP contribution >= 0.6 is 0 Å². The number of Topliss-reactive ketones (excluding diaryl/α,β-unsaturated/α-hetero) is 1. The minimum Gasteiger partial charge on any atom is -0.496 e. The number of benzene rings is 3. The van der Waals surface area contributed by atoms with E-state index in [-0.39, 0.29) is 22.9 Å². The molecule has 3 aromatic carbocycles. The van der Waals surface area contributed by atoms with Crippen LogP contribution in [0.15, 0.2) is 66.4 Å². The Kier molecular flexibility index (Phi) is 5.94. The van der Waals surface area contributed by atoms with Crippen molar-refractivity contribution in [1.29, 1.82) is 0 Å². The lowest BCUT2D eigenvalue weighted by Crippen LogP contribution is -2.12. The van der Waals surface area contributed by atoms with E-state index < -0.39 is 5.97 Å². The summed E-state index contributed by atoms with van der Waals surface area (Å²) in [5.74, 6) is 0.604. The van der Waals surface area contributed by atoms with Crippen molar-refractivity contribution in [2.45, 2.75) is 13.3 Å². The molecule has 0 fully saturated rings. The molecule has 0 N–H and O–H groups in total. The summed E-state index contributed by atoms with van der Waals surface area (Å²) in [6.07, 6.45) is 2.65. The summed E-state index contributed by atoms with van der Waals surface area (Å²) in [7, 11) is 2.92. The monoisotopic (exact) mass is 430 g/mol. The second-order valence-corrected chi connectivity index (χ2v) is 7.12. The normalized spacial score (nSPS) is 13.5. The highest BCUT2D eigenvalue weighted by molar-refractivity contribution is 6.14. The minimum absolute atomic E-state index is 0.172. The van der Waals surface area contributed by atoms with Crippen molar-refractivity contribution in [3.63, 3.8) is 0 Å². The molecular weight excluding hydrogens is 408 g/mol. The molecular formula is C26H22O6. The Bertz CT molecular complexity index is 1190. The Hall–Kier alpha value is -4.06. The summed E-state index contributed by atoms with van der Waals surface area (Å²) < 4.78 is 21.8. The highest BCUT2D eigenvalue weighted by atomic mass is 16.5. The molecule has 0 aromatic heterocycles. The van der Waals surface area contributed by atoms with E-state index in [0.717, 1.165) is 12.0 Å². The van der Waals surface area contributed by atoms with Crippen LogP contribution in [0.2, 0.25) is 0 Å². The van der Waals surface area contributed by atoms with Crippen molar-refractivity contribution >= 4 is 17.8 Å². The highest BCUT2D eigenvalue weighted by Gasteiger charge is 2.28. The zero-order valence-electron chi connectivity index (χ0n) is 18.0. The molecule has 1 aliphatic rings. The number of hydrogen-bond acceptors (Lipinski definition) is 6. The summed E-state index contributed by atoms with van der Waals surface area (Å²) in [4.78, 5) is 25.5. The Morgan fingerprint density at radius 2 is 1.66 bits per heavy atom. The first-order valence-corrected chi connectivity index (χ1v) is 10.1. The molecule has 1 aliphatic heterocycles. The summed E-state index contributed by atoms with van der Waals surface area (Å²) >= 11 is 0. The van der Waals surface area contributed by atoms with E-state index in [1.807, 2.05) is 24.3 Å². The third-order valence-electron chi connectivity index (χ3n) is 5.17. The van der Waals surface area contributed by atoms with E-state index in [4.69, 9.17) is 18.9 Å². The summed E-state index contributed by atoms with van der Waals surface area (Å²) in [6.45, 7) is 2.09. The fraction of sp³-hybridized carbons (Fsp3) is 0.154. The van der Waals surface area contributed by atoms with Crippen LogP contribution in [0, 0.1) is 0 Å². The third kappa shape index (κ3) is 4.07. The van der Waals surface area contributed by atoms with E-state index in [9.17, 15) is 9.59 Å². The number of aryl methyl sites for hydroxylation is 1. The third-order valence-corrected chi connectivity index (χ3v) is 5.17. The van der Waals surface area contributed by atoms with Crippen LogP contribution in [0.25, 0.3) is 6.08 Å². The number of rotatable bonds is 6. The van der Waals surface area contributed by atoms with Gasteiger partial charge in [0.15, 0.2) is 5.76 Å².